The molecule has 3 rings (SSSR count). The van der Waals surface area contributed by atoms with Crippen molar-refractivity contribution in [3.05, 3.63) is 59.2 Å². The van der Waals surface area contributed by atoms with Gasteiger partial charge in [-0.25, -0.2) is 0 Å². The molecule has 21 heavy (non-hydrogen) atoms. The van der Waals surface area contributed by atoms with Gasteiger partial charge in [-0.3, -0.25) is 0 Å². The highest BCUT2D eigenvalue weighted by Gasteiger charge is 2.20. The zero-order chi connectivity index (χ0) is 14.7. The van der Waals surface area contributed by atoms with Crippen molar-refractivity contribution in [3.63, 3.8) is 0 Å². The van der Waals surface area contributed by atoms with E-state index in [4.69, 9.17) is 19.9 Å². The Morgan fingerprint density at radius 1 is 1.24 bits per heavy atom. The molecule has 5 heteroatoms. The van der Waals surface area contributed by atoms with E-state index in [0.29, 0.717) is 29.4 Å². The lowest BCUT2D eigenvalue weighted by Crippen LogP contribution is -2.01. The number of ether oxygens (including phenoxy) is 2. The monoisotopic (exact) mass is 280 g/mol. The topological polar surface area (TPSA) is 74.8 Å². The van der Waals surface area contributed by atoms with Gasteiger partial charge in [0.05, 0.1) is 11.6 Å². The Morgan fingerprint density at radius 3 is 2.76 bits per heavy atom. The standard InChI is InChI=1S/C16H12N2O3/c17-8-11-1-3-12(4-2-11)9-20-13-5-6-14-15(18-19)10-21-16(14)7-13/h1-7,19H,9-10H2. The molecule has 0 amide bonds. The third-order valence-corrected chi connectivity index (χ3v) is 3.24. The average Bonchev–Trinajstić information content (AvgIpc) is 2.95. The maximum Gasteiger partial charge on any atom is 0.134 e. The zero-order valence-corrected chi connectivity index (χ0v) is 11.1. The molecule has 0 aromatic heterocycles. The molecular formula is C16H12N2O3. The van der Waals surface area contributed by atoms with Gasteiger partial charge in [0, 0.05) is 11.6 Å². The Labute approximate surface area is 121 Å². The third-order valence-electron chi connectivity index (χ3n) is 3.24. The Bertz CT molecular complexity index is 730. The SMILES string of the molecule is N#Cc1ccc(COc2ccc3c(c2)OCC3=NO)cc1. The fraction of sp³-hybridized carbons (Fsp3) is 0.125. The van der Waals surface area contributed by atoms with Crippen LogP contribution in [0.2, 0.25) is 0 Å². The number of oxime groups is 1. The lowest BCUT2D eigenvalue weighted by Gasteiger charge is -2.07. The van der Waals surface area contributed by atoms with E-state index in [0.717, 1.165) is 11.1 Å². The van der Waals surface area contributed by atoms with Crippen LogP contribution in [-0.4, -0.2) is 17.5 Å². The minimum Gasteiger partial charge on any atom is -0.489 e. The number of nitriles is 1. The van der Waals surface area contributed by atoms with Crippen LogP contribution in [0.15, 0.2) is 47.6 Å². The van der Waals surface area contributed by atoms with E-state index >= 15 is 0 Å². The molecule has 0 unspecified atom stereocenters. The van der Waals surface area contributed by atoms with Gasteiger partial charge in [0.2, 0.25) is 0 Å². The summed E-state index contributed by atoms with van der Waals surface area (Å²) in [5.74, 6) is 1.33. The van der Waals surface area contributed by atoms with E-state index in [9.17, 15) is 0 Å². The molecule has 0 atom stereocenters. The molecule has 0 spiro atoms. The second kappa shape index (κ2) is 5.55. The molecule has 0 bridgehead atoms. The second-order valence-electron chi connectivity index (χ2n) is 4.59. The average molecular weight is 280 g/mol. The molecule has 5 nitrogen and oxygen atoms in total. The fourth-order valence-corrected chi connectivity index (χ4v) is 2.10. The molecule has 1 N–H and O–H groups in total. The summed E-state index contributed by atoms with van der Waals surface area (Å²) in [5.41, 5.74) is 2.90. The largest absolute Gasteiger partial charge is 0.489 e. The van der Waals surface area contributed by atoms with Gasteiger partial charge in [-0.2, -0.15) is 5.26 Å². The van der Waals surface area contributed by atoms with Gasteiger partial charge < -0.3 is 14.7 Å². The molecule has 0 fully saturated rings. The molecule has 1 aliphatic rings. The van der Waals surface area contributed by atoms with E-state index in [2.05, 4.69) is 11.2 Å². The summed E-state index contributed by atoms with van der Waals surface area (Å²) in [6.07, 6.45) is 0. The first-order valence-electron chi connectivity index (χ1n) is 6.40. The summed E-state index contributed by atoms with van der Waals surface area (Å²) in [5, 5.41) is 20.8. The first-order chi connectivity index (χ1) is 10.3. The zero-order valence-electron chi connectivity index (χ0n) is 11.1. The predicted octanol–water partition coefficient (Wildman–Crippen LogP) is 2.71. The number of benzene rings is 2. The third kappa shape index (κ3) is 2.65. The Morgan fingerprint density at radius 2 is 2.05 bits per heavy atom. The maximum absolute atomic E-state index is 8.83. The molecule has 1 heterocycles. The molecule has 1 aliphatic heterocycles. The van der Waals surface area contributed by atoms with Crippen molar-refractivity contribution in [2.24, 2.45) is 5.16 Å². The summed E-state index contributed by atoms with van der Waals surface area (Å²) in [6, 6.07) is 14.7. The summed E-state index contributed by atoms with van der Waals surface area (Å²) in [7, 11) is 0. The lowest BCUT2D eigenvalue weighted by molar-refractivity contribution is 0.302. The lowest BCUT2D eigenvalue weighted by atomic mass is 10.1. The Balaban J connectivity index is 1.70. The quantitative estimate of drug-likeness (QED) is 0.693. The first-order valence-corrected chi connectivity index (χ1v) is 6.40. The van der Waals surface area contributed by atoms with Crippen LogP contribution in [0, 0.1) is 11.3 Å². The Hall–Kier alpha value is -3.00. The highest BCUT2D eigenvalue weighted by Crippen LogP contribution is 2.30. The van der Waals surface area contributed by atoms with Crippen LogP contribution in [0.5, 0.6) is 11.5 Å². The van der Waals surface area contributed by atoms with Crippen molar-refractivity contribution in [3.8, 4) is 17.6 Å². The number of hydrogen-bond acceptors (Lipinski definition) is 5. The molecular weight excluding hydrogens is 268 g/mol. The molecule has 0 saturated heterocycles. The van der Waals surface area contributed by atoms with Gasteiger partial charge in [0.25, 0.3) is 0 Å². The van der Waals surface area contributed by atoms with Gasteiger partial charge in [-0.15, -0.1) is 0 Å². The first kappa shape index (κ1) is 13.0. The van der Waals surface area contributed by atoms with Gasteiger partial charge >= 0.3 is 0 Å². The van der Waals surface area contributed by atoms with Crippen molar-refractivity contribution >= 4 is 5.71 Å². The fourth-order valence-electron chi connectivity index (χ4n) is 2.10. The number of hydrogen-bond donors (Lipinski definition) is 1. The van der Waals surface area contributed by atoms with E-state index in [1.54, 1.807) is 18.2 Å². The van der Waals surface area contributed by atoms with Crippen LogP contribution in [0.4, 0.5) is 0 Å². The smallest absolute Gasteiger partial charge is 0.134 e. The summed E-state index contributed by atoms with van der Waals surface area (Å²) >= 11 is 0. The van der Waals surface area contributed by atoms with Gasteiger partial charge in [0.1, 0.15) is 30.4 Å². The molecule has 104 valence electrons. The molecule has 0 saturated carbocycles. The van der Waals surface area contributed by atoms with E-state index < -0.39 is 0 Å². The van der Waals surface area contributed by atoms with E-state index in [1.165, 1.54) is 0 Å². The molecule has 2 aromatic carbocycles. The molecule has 2 aromatic rings. The van der Waals surface area contributed by atoms with Crippen LogP contribution < -0.4 is 9.47 Å². The van der Waals surface area contributed by atoms with Crippen LogP contribution in [0.25, 0.3) is 0 Å². The van der Waals surface area contributed by atoms with E-state index in [-0.39, 0.29) is 6.61 Å². The van der Waals surface area contributed by atoms with E-state index in [1.807, 2.05) is 24.3 Å². The van der Waals surface area contributed by atoms with Crippen molar-refractivity contribution in [1.82, 2.24) is 0 Å². The normalized spacial score (nSPS) is 14.3. The van der Waals surface area contributed by atoms with Crippen molar-refractivity contribution in [1.29, 1.82) is 5.26 Å². The highest BCUT2D eigenvalue weighted by molar-refractivity contribution is 6.06. The van der Waals surface area contributed by atoms with Crippen LogP contribution >= 0.6 is 0 Å². The van der Waals surface area contributed by atoms with Crippen LogP contribution in [0.3, 0.4) is 0 Å². The highest BCUT2D eigenvalue weighted by atomic mass is 16.5. The van der Waals surface area contributed by atoms with Gasteiger partial charge in [-0.1, -0.05) is 17.3 Å². The summed E-state index contributed by atoms with van der Waals surface area (Å²) < 4.78 is 11.1. The van der Waals surface area contributed by atoms with Gasteiger partial charge in [0.15, 0.2) is 0 Å². The maximum atomic E-state index is 8.83. The molecule has 0 aliphatic carbocycles. The summed E-state index contributed by atoms with van der Waals surface area (Å²) in [6.45, 7) is 0.677. The minimum atomic E-state index is 0.269. The van der Waals surface area contributed by atoms with Crippen LogP contribution in [-0.2, 0) is 6.61 Å². The molecule has 0 radical (unpaired) electrons. The van der Waals surface area contributed by atoms with Crippen molar-refractivity contribution in [2.45, 2.75) is 6.61 Å². The van der Waals surface area contributed by atoms with Crippen molar-refractivity contribution in [2.75, 3.05) is 6.61 Å². The number of fused-ring (bicyclic) bond motifs is 1. The second-order valence-corrected chi connectivity index (χ2v) is 4.59. The minimum absolute atomic E-state index is 0.269. The Kier molecular flexibility index (Phi) is 3.44. The summed E-state index contributed by atoms with van der Waals surface area (Å²) in [4.78, 5) is 0. The number of nitrogens with zero attached hydrogens (tertiary/aromatic N) is 2. The predicted molar refractivity (Wildman–Crippen MR) is 75.7 cm³/mol. The van der Waals surface area contributed by atoms with Crippen LogP contribution in [0.1, 0.15) is 16.7 Å². The van der Waals surface area contributed by atoms with Gasteiger partial charge in [-0.05, 0) is 29.8 Å². The van der Waals surface area contributed by atoms with Crippen molar-refractivity contribution < 1.29 is 14.7 Å². The number of rotatable bonds is 3.